The van der Waals surface area contributed by atoms with Gasteiger partial charge in [-0.3, -0.25) is 9.78 Å². The van der Waals surface area contributed by atoms with Crippen LogP contribution in [-0.4, -0.2) is 53.2 Å². The lowest BCUT2D eigenvalue weighted by atomic mass is 10.2. The van der Waals surface area contributed by atoms with Gasteiger partial charge < -0.3 is 9.88 Å². The first-order valence-electron chi connectivity index (χ1n) is 7.36. The van der Waals surface area contributed by atoms with E-state index in [2.05, 4.69) is 20.2 Å². The second-order valence-corrected chi connectivity index (χ2v) is 8.20. The van der Waals surface area contributed by atoms with Crippen molar-refractivity contribution in [2.45, 2.75) is 18.6 Å². The summed E-state index contributed by atoms with van der Waals surface area (Å²) in [4.78, 5) is 29.5. The number of aromatic amines is 2. The number of nitrogens with one attached hydrogen (secondary N) is 2. The average molecular weight is 351 g/mol. The molecule has 0 saturated carbocycles. The van der Waals surface area contributed by atoms with Crippen LogP contribution < -0.4 is 16.1 Å². The third-order valence-electron chi connectivity index (χ3n) is 4.14. The van der Waals surface area contributed by atoms with E-state index >= 15 is 0 Å². The molecule has 10 heteroatoms. The zero-order valence-electron chi connectivity index (χ0n) is 13.2. The number of nitrogens with zero attached hydrogens (tertiary/aromatic N) is 3. The second-order valence-electron chi connectivity index (χ2n) is 5.87. The van der Waals surface area contributed by atoms with E-state index in [1.54, 1.807) is 13.0 Å². The fourth-order valence-corrected chi connectivity index (χ4v) is 3.78. The van der Waals surface area contributed by atoms with Crippen LogP contribution in [0.3, 0.4) is 0 Å². The molecule has 0 aliphatic carbocycles. The van der Waals surface area contributed by atoms with Crippen LogP contribution in [0.5, 0.6) is 0 Å². The van der Waals surface area contributed by atoms with Gasteiger partial charge >= 0.3 is 5.69 Å². The summed E-state index contributed by atoms with van der Waals surface area (Å²) in [6.07, 6.45) is 3.08. The van der Waals surface area contributed by atoms with Gasteiger partial charge in [-0.05, 0) is 19.4 Å². The zero-order valence-corrected chi connectivity index (χ0v) is 14.1. The Morgan fingerprint density at radius 3 is 2.67 bits per heavy atom. The lowest BCUT2D eigenvalue weighted by Gasteiger charge is -2.20. The molecule has 24 heavy (non-hydrogen) atoms. The zero-order chi connectivity index (χ0) is 17.5. The average Bonchev–Trinajstić information content (AvgIpc) is 2.98. The Morgan fingerprint density at radius 1 is 1.29 bits per heavy atom. The smallest absolute Gasteiger partial charge is 0.325 e. The Morgan fingerprint density at radius 2 is 2.04 bits per heavy atom. The summed E-state index contributed by atoms with van der Waals surface area (Å²) in [5, 5.41) is 7.65. The summed E-state index contributed by atoms with van der Waals surface area (Å²) in [6, 6.07) is 1.69. The van der Waals surface area contributed by atoms with Gasteiger partial charge in [-0.1, -0.05) is 0 Å². The van der Waals surface area contributed by atoms with E-state index < -0.39 is 26.3 Å². The molecular formula is C14H17N5O4S. The van der Waals surface area contributed by atoms with Crippen LogP contribution in [0.4, 0.5) is 5.69 Å². The van der Waals surface area contributed by atoms with Crippen molar-refractivity contribution in [2.75, 3.05) is 24.2 Å². The van der Waals surface area contributed by atoms with Crippen molar-refractivity contribution in [3.63, 3.8) is 0 Å². The summed E-state index contributed by atoms with van der Waals surface area (Å²) in [5.74, 6) is 0. The molecule has 1 aliphatic heterocycles. The Kier molecular flexibility index (Phi) is 3.99. The van der Waals surface area contributed by atoms with Crippen LogP contribution in [0, 0.1) is 6.92 Å². The fourth-order valence-electron chi connectivity index (χ4n) is 2.79. The minimum Gasteiger partial charge on any atom is -0.369 e. The third kappa shape index (κ3) is 3.09. The fraction of sp³-hybridized carbons (Fsp3) is 0.429. The Bertz CT molecular complexity index is 995. The number of anilines is 1. The lowest BCUT2D eigenvalue weighted by molar-refractivity contribution is 0.589. The summed E-state index contributed by atoms with van der Waals surface area (Å²) in [6.45, 7) is 2.75. The van der Waals surface area contributed by atoms with Crippen LogP contribution in [0.15, 0.2) is 21.9 Å². The van der Waals surface area contributed by atoms with Crippen molar-refractivity contribution in [1.29, 1.82) is 0 Å². The molecule has 9 nitrogen and oxygen atoms in total. The topological polar surface area (TPSA) is 129 Å². The predicted molar refractivity (Wildman–Crippen MR) is 88.9 cm³/mol. The van der Waals surface area contributed by atoms with Gasteiger partial charge in [-0.15, -0.1) is 5.10 Å². The highest BCUT2D eigenvalue weighted by Crippen LogP contribution is 2.27. The molecule has 0 aromatic carbocycles. The van der Waals surface area contributed by atoms with Crippen molar-refractivity contribution in [1.82, 2.24) is 20.2 Å². The van der Waals surface area contributed by atoms with Gasteiger partial charge in [0.05, 0.1) is 22.2 Å². The van der Waals surface area contributed by atoms with Crippen LogP contribution in [-0.2, 0) is 9.84 Å². The maximum atomic E-state index is 11.9. The number of sulfone groups is 1. The molecule has 0 bridgehead atoms. The molecule has 2 aromatic heterocycles. The van der Waals surface area contributed by atoms with Gasteiger partial charge in [-0.25, -0.2) is 13.2 Å². The van der Waals surface area contributed by atoms with Gasteiger partial charge in [-0.2, -0.15) is 5.10 Å². The Hall–Kier alpha value is -2.49. The molecule has 0 spiro atoms. The van der Waals surface area contributed by atoms with Crippen LogP contribution >= 0.6 is 0 Å². The molecule has 2 N–H and O–H groups in total. The van der Waals surface area contributed by atoms with E-state index in [9.17, 15) is 18.0 Å². The molecule has 2 aromatic rings. The monoisotopic (exact) mass is 351 g/mol. The second kappa shape index (κ2) is 5.86. The molecule has 128 valence electrons. The maximum Gasteiger partial charge on any atom is 0.325 e. The summed E-state index contributed by atoms with van der Waals surface area (Å²) in [5.41, 5.74) is 0.737. The molecule has 1 atom stereocenters. The minimum atomic E-state index is -3.10. The third-order valence-corrected chi connectivity index (χ3v) is 5.73. The van der Waals surface area contributed by atoms with Crippen molar-refractivity contribution < 1.29 is 8.42 Å². The maximum absolute atomic E-state index is 11.9. The highest BCUT2D eigenvalue weighted by molar-refractivity contribution is 7.91. The van der Waals surface area contributed by atoms with E-state index in [4.69, 9.17) is 0 Å². The normalized spacial score (nSPS) is 18.1. The van der Waals surface area contributed by atoms with E-state index in [-0.39, 0.29) is 5.56 Å². The molecule has 1 fully saturated rings. The molecular weight excluding hydrogens is 334 g/mol. The minimum absolute atomic E-state index is 0.196. The van der Waals surface area contributed by atoms with E-state index in [0.29, 0.717) is 30.9 Å². The number of aryl methyl sites for hydroxylation is 1. The Labute approximate surface area is 137 Å². The van der Waals surface area contributed by atoms with Crippen molar-refractivity contribution in [2.24, 2.45) is 0 Å². The quantitative estimate of drug-likeness (QED) is 0.759. The first-order chi connectivity index (χ1) is 11.3. The number of hydrogen-bond donors (Lipinski definition) is 2. The molecule has 3 heterocycles. The first kappa shape index (κ1) is 16.4. The van der Waals surface area contributed by atoms with Crippen molar-refractivity contribution >= 4 is 15.5 Å². The van der Waals surface area contributed by atoms with E-state index in [1.165, 1.54) is 12.5 Å². The molecule has 0 unspecified atom stereocenters. The van der Waals surface area contributed by atoms with Crippen molar-refractivity contribution in [3.05, 3.63) is 38.8 Å². The van der Waals surface area contributed by atoms with Gasteiger partial charge in [0, 0.05) is 25.5 Å². The molecule has 1 saturated heterocycles. The molecule has 3 rings (SSSR count). The highest BCUT2D eigenvalue weighted by Gasteiger charge is 2.31. The number of aromatic nitrogens is 4. The predicted octanol–water partition coefficient (Wildman–Crippen LogP) is -0.548. The Balaban J connectivity index is 1.99. The highest BCUT2D eigenvalue weighted by atomic mass is 32.2. The van der Waals surface area contributed by atoms with Gasteiger partial charge in [0.1, 0.15) is 5.69 Å². The van der Waals surface area contributed by atoms with E-state index in [1.807, 2.05) is 4.90 Å². The molecule has 1 aliphatic rings. The molecule has 0 radical (unpaired) electrons. The summed E-state index contributed by atoms with van der Waals surface area (Å²) < 4.78 is 23.5. The number of H-pyrrole nitrogens is 2. The number of hydrogen-bond acceptors (Lipinski definition) is 7. The van der Waals surface area contributed by atoms with Crippen LogP contribution in [0.1, 0.15) is 12.1 Å². The van der Waals surface area contributed by atoms with Crippen LogP contribution in [0.2, 0.25) is 0 Å². The largest absolute Gasteiger partial charge is 0.369 e. The molecule has 0 amide bonds. The first-order valence-corrected chi connectivity index (χ1v) is 9.31. The summed E-state index contributed by atoms with van der Waals surface area (Å²) in [7, 11) is -3.10. The van der Waals surface area contributed by atoms with Crippen molar-refractivity contribution in [3.8, 4) is 11.3 Å². The van der Waals surface area contributed by atoms with Gasteiger partial charge in [0.15, 0.2) is 9.84 Å². The lowest BCUT2D eigenvalue weighted by Crippen LogP contribution is -2.27. The SMILES string of the molecule is Cc1nnc(-c2c[nH]c(=O)[nH]c2=O)cc1N1CC[C@@H](S(C)(=O)=O)C1. The van der Waals surface area contributed by atoms with Gasteiger partial charge in [0.25, 0.3) is 5.56 Å². The van der Waals surface area contributed by atoms with Gasteiger partial charge in [0.2, 0.25) is 0 Å². The number of rotatable bonds is 3. The summed E-state index contributed by atoms with van der Waals surface area (Å²) >= 11 is 0. The standard InChI is InChI=1S/C14H17N5O4S/c1-8-12(19-4-3-9(7-19)24(2,22)23)5-11(18-17-8)10-6-15-14(21)16-13(10)20/h5-6,9H,3-4,7H2,1-2H3,(H2,15,16,20,21)/t9-/m1/s1. The van der Waals surface area contributed by atoms with E-state index in [0.717, 1.165) is 5.69 Å². The van der Waals surface area contributed by atoms with Crippen LogP contribution in [0.25, 0.3) is 11.3 Å².